The molecule has 0 atom stereocenters. The fourth-order valence-electron chi connectivity index (χ4n) is 4.14. The number of morpholine rings is 1. The molecule has 1 aliphatic rings. The number of carbonyl (C=O) groups excluding carboxylic acids is 1. The van der Waals surface area contributed by atoms with Gasteiger partial charge in [0.1, 0.15) is 11.3 Å². The van der Waals surface area contributed by atoms with Gasteiger partial charge in [-0.2, -0.15) is 5.10 Å². The first-order valence-corrected chi connectivity index (χ1v) is 11.4. The van der Waals surface area contributed by atoms with Crippen LogP contribution in [-0.2, 0) is 17.7 Å². The second-order valence-corrected chi connectivity index (χ2v) is 8.08. The number of ether oxygens (including phenoxy) is 2. The Morgan fingerprint density at radius 2 is 1.88 bits per heavy atom. The first kappa shape index (κ1) is 22.3. The molecule has 1 aromatic heterocycles. The minimum absolute atomic E-state index is 0.131. The largest absolute Gasteiger partial charge is 0.494 e. The zero-order valence-electron chi connectivity index (χ0n) is 18.8. The van der Waals surface area contributed by atoms with Gasteiger partial charge in [0.05, 0.1) is 26.9 Å². The summed E-state index contributed by atoms with van der Waals surface area (Å²) in [6, 6.07) is 16.2. The number of nitrogens with one attached hydrogen (secondary N) is 1. The minimum atomic E-state index is -0.131. The Morgan fingerprint density at radius 3 is 2.66 bits per heavy atom. The third-order valence-electron chi connectivity index (χ3n) is 5.92. The molecular formula is C25H32N4O3. The fraction of sp³-hybridized carbons (Fsp3) is 0.440. The average Bonchev–Trinajstić information content (AvgIpc) is 3.23. The van der Waals surface area contributed by atoms with E-state index in [1.54, 1.807) is 7.11 Å². The van der Waals surface area contributed by atoms with Crippen LogP contribution in [0.1, 0.15) is 28.9 Å². The SMILES string of the molecule is COc1cccc2c(C(=O)NCCCCc3ccccc3)nn(CCN3CCOCC3)c12. The molecule has 1 fully saturated rings. The molecule has 2 aromatic carbocycles. The molecule has 0 bridgehead atoms. The Morgan fingerprint density at radius 1 is 1.06 bits per heavy atom. The van der Waals surface area contributed by atoms with Crippen molar-refractivity contribution >= 4 is 16.8 Å². The minimum Gasteiger partial charge on any atom is -0.494 e. The number of methoxy groups -OCH3 is 1. The van der Waals surface area contributed by atoms with Gasteiger partial charge < -0.3 is 14.8 Å². The van der Waals surface area contributed by atoms with Gasteiger partial charge in [-0.3, -0.25) is 14.4 Å². The van der Waals surface area contributed by atoms with Gasteiger partial charge in [0.25, 0.3) is 5.91 Å². The molecule has 0 spiro atoms. The number of unbranched alkanes of at least 4 members (excludes halogenated alkanes) is 1. The Balaban J connectivity index is 1.40. The molecule has 2 heterocycles. The lowest BCUT2D eigenvalue weighted by Gasteiger charge is -2.26. The highest BCUT2D eigenvalue weighted by Gasteiger charge is 2.20. The van der Waals surface area contributed by atoms with Crippen LogP contribution in [0.2, 0.25) is 0 Å². The highest BCUT2D eigenvalue weighted by Crippen LogP contribution is 2.28. The lowest BCUT2D eigenvalue weighted by molar-refractivity contribution is 0.0361. The van der Waals surface area contributed by atoms with E-state index in [2.05, 4.69) is 34.5 Å². The number of carbonyl (C=O) groups is 1. The summed E-state index contributed by atoms with van der Waals surface area (Å²) < 4.78 is 12.9. The summed E-state index contributed by atoms with van der Waals surface area (Å²) in [4.78, 5) is 15.3. The summed E-state index contributed by atoms with van der Waals surface area (Å²) in [7, 11) is 1.65. The number of nitrogens with zero attached hydrogens (tertiary/aromatic N) is 3. The summed E-state index contributed by atoms with van der Waals surface area (Å²) in [5.74, 6) is 0.604. The lowest BCUT2D eigenvalue weighted by atomic mass is 10.1. The number of para-hydroxylation sites is 1. The Kier molecular flexibility index (Phi) is 7.74. The topological polar surface area (TPSA) is 68.6 Å². The number of hydrogen-bond donors (Lipinski definition) is 1. The number of amides is 1. The summed E-state index contributed by atoms with van der Waals surface area (Å²) in [5.41, 5.74) is 2.66. The van der Waals surface area contributed by atoms with Crippen molar-refractivity contribution in [2.75, 3.05) is 46.5 Å². The zero-order valence-corrected chi connectivity index (χ0v) is 18.8. The van der Waals surface area contributed by atoms with Gasteiger partial charge in [-0.1, -0.05) is 42.5 Å². The summed E-state index contributed by atoms with van der Waals surface area (Å²) in [5, 5.41) is 8.57. The quantitative estimate of drug-likeness (QED) is 0.495. The van der Waals surface area contributed by atoms with Crippen LogP contribution in [0, 0.1) is 0 Å². The van der Waals surface area contributed by atoms with E-state index in [4.69, 9.17) is 14.6 Å². The van der Waals surface area contributed by atoms with Gasteiger partial charge in [0.2, 0.25) is 0 Å². The highest BCUT2D eigenvalue weighted by atomic mass is 16.5. The maximum atomic E-state index is 13.0. The van der Waals surface area contributed by atoms with Crippen LogP contribution in [0.5, 0.6) is 5.75 Å². The van der Waals surface area contributed by atoms with Crippen molar-refractivity contribution in [2.45, 2.75) is 25.8 Å². The Hall–Kier alpha value is -2.90. The van der Waals surface area contributed by atoms with Gasteiger partial charge in [0.15, 0.2) is 5.69 Å². The Bertz CT molecular complexity index is 1010. The number of fused-ring (bicyclic) bond motifs is 1. The molecule has 1 amide bonds. The molecule has 1 N–H and O–H groups in total. The Labute approximate surface area is 189 Å². The maximum absolute atomic E-state index is 13.0. The van der Waals surface area contributed by atoms with Gasteiger partial charge in [-0.25, -0.2) is 0 Å². The van der Waals surface area contributed by atoms with Crippen molar-refractivity contribution in [2.24, 2.45) is 0 Å². The average molecular weight is 437 g/mol. The third kappa shape index (κ3) is 5.47. The van der Waals surface area contributed by atoms with Gasteiger partial charge in [-0.05, 0) is 30.9 Å². The number of aryl methyl sites for hydroxylation is 1. The van der Waals surface area contributed by atoms with Crippen molar-refractivity contribution in [1.29, 1.82) is 0 Å². The molecule has 4 rings (SSSR count). The van der Waals surface area contributed by atoms with E-state index in [0.29, 0.717) is 18.8 Å². The van der Waals surface area contributed by atoms with Crippen molar-refractivity contribution in [3.63, 3.8) is 0 Å². The van der Waals surface area contributed by atoms with Crippen LogP contribution >= 0.6 is 0 Å². The molecule has 1 saturated heterocycles. The normalized spacial score (nSPS) is 14.5. The number of hydrogen-bond acceptors (Lipinski definition) is 5. The molecule has 7 heteroatoms. The van der Waals surface area contributed by atoms with Crippen molar-refractivity contribution in [1.82, 2.24) is 20.0 Å². The zero-order chi connectivity index (χ0) is 22.2. The second kappa shape index (κ2) is 11.1. The molecule has 32 heavy (non-hydrogen) atoms. The van der Waals surface area contributed by atoms with E-state index < -0.39 is 0 Å². The summed E-state index contributed by atoms with van der Waals surface area (Å²) >= 11 is 0. The van der Waals surface area contributed by atoms with Gasteiger partial charge in [0, 0.05) is 31.6 Å². The summed E-state index contributed by atoms with van der Waals surface area (Å²) in [6.07, 6.45) is 2.99. The molecule has 0 radical (unpaired) electrons. The van der Waals surface area contributed by atoms with Crippen LogP contribution in [0.3, 0.4) is 0 Å². The molecule has 1 aliphatic heterocycles. The predicted molar refractivity (Wildman–Crippen MR) is 125 cm³/mol. The first-order chi connectivity index (χ1) is 15.8. The summed E-state index contributed by atoms with van der Waals surface area (Å²) in [6.45, 7) is 5.57. The second-order valence-electron chi connectivity index (χ2n) is 8.08. The molecule has 0 saturated carbocycles. The molecule has 3 aromatic rings. The first-order valence-electron chi connectivity index (χ1n) is 11.4. The smallest absolute Gasteiger partial charge is 0.272 e. The number of rotatable bonds is 10. The maximum Gasteiger partial charge on any atom is 0.272 e. The van der Waals surface area contributed by atoms with Crippen molar-refractivity contribution in [3.8, 4) is 5.75 Å². The highest BCUT2D eigenvalue weighted by molar-refractivity contribution is 6.06. The third-order valence-corrected chi connectivity index (χ3v) is 5.92. The number of aromatic nitrogens is 2. The molecule has 0 unspecified atom stereocenters. The van der Waals surface area contributed by atoms with Gasteiger partial charge >= 0.3 is 0 Å². The van der Waals surface area contributed by atoms with E-state index in [9.17, 15) is 4.79 Å². The monoisotopic (exact) mass is 436 g/mol. The molecule has 7 nitrogen and oxygen atoms in total. The van der Waals surface area contributed by atoms with Crippen molar-refractivity contribution < 1.29 is 14.3 Å². The standard InChI is InChI=1S/C25H32N4O3/c1-31-22-12-7-11-21-23(25(30)26-13-6-5-10-20-8-3-2-4-9-20)27-29(24(21)22)15-14-28-16-18-32-19-17-28/h2-4,7-9,11-12H,5-6,10,13-19H2,1H3,(H,26,30). The van der Waals surface area contributed by atoms with Crippen molar-refractivity contribution in [3.05, 3.63) is 59.8 Å². The van der Waals surface area contributed by atoms with Crippen LogP contribution in [0.25, 0.3) is 10.9 Å². The van der Waals surface area contributed by atoms with E-state index >= 15 is 0 Å². The lowest BCUT2D eigenvalue weighted by Crippen LogP contribution is -2.38. The van der Waals surface area contributed by atoms with Crippen LogP contribution in [-0.4, -0.2) is 67.1 Å². The van der Waals surface area contributed by atoms with E-state index in [1.807, 2.05) is 28.9 Å². The van der Waals surface area contributed by atoms with Gasteiger partial charge in [-0.15, -0.1) is 0 Å². The van der Waals surface area contributed by atoms with Crippen LogP contribution < -0.4 is 10.1 Å². The predicted octanol–water partition coefficient (Wildman–Crippen LogP) is 3.13. The van der Waals surface area contributed by atoms with E-state index in [-0.39, 0.29) is 5.91 Å². The molecule has 170 valence electrons. The van der Waals surface area contributed by atoms with Crippen LogP contribution in [0.4, 0.5) is 0 Å². The fourth-order valence-corrected chi connectivity index (χ4v) is 4.14. The molecular weight excluding hydrogens is 404 g/mol. The van der Waals surface area contributed by atoms with E-state index in [0.717, 1.165) is 68.8 Å². The van der Waals surface area contributed by atoms with Crippen LogP contribution in [0.15, 0.2) is 48.5 Å². The number of benzene rings is 2. The molecule has 0 aliphatic carbocycles. The van der Waals surface area contributed by atoms with E-state index in [1.165, 1.54) is 5.56 Å².